The van der Waals surface area contributed by atoms with E-state index in [-0.39, 0.29) is 11.5 Å². The monoisotopic (exact) mass is 239 g/mol. The van der Waals surface area contributed by atoms with Crippen LogP contribution in [-0.4, -0.2) is 30.0 Å². The molecule has 0 unspecified atom stereocenters. The van der Waals surface area contributed by atoms with E-state index < -0.39 is 0 Å². The summed E-state index contributed by atoms with van der Waals surface area (Å²) >= 11 is 0. The van der Waals surface area contributed by atoms with E-state index in [4.69, 9.17) is 9.84 Å². The molecule has 96 valence electrons. The lowest BCUT2D eigenvalue weighted by atomic mass is 10.2. The molecule has 0 spiro atoms. The van der Waals surface area contributed by atoms with Crippen LogP contribution in [0.5, 0.6) is 11.5 Å². The molecule has 0 aliphatic rings. The third kappa shape index (κ3) is 5.56. The highest BCUT2D eigenvalue weighted by Gasteiger charge is 2.01. The van der Waals surface area contributed by atoms with Crippen molar-refractivity contribution in [2.45, 2.75) is 26.3 Å². The molecule has 0 heterocycles. The van der Waals surface area contributed by atoms with E-state index >= 15 is 0 Å². The van der Waals surface area contributed by atoms with Gasteiger partial charge in [-0.05, 0) is 12.5 Å². The van der Waals surface area contributed by atoms with E-state index in [0.29, 0.717) is 13.2 Å². The third-order valence-corrected chi connectivity index (χ3v) is 2.45. The van der Waals surface area contributed by atoms with Crippen LogP contribution in [0.1, 0.15) is 25.3 Å². The highest BCUT2D eigenvalue weighted by molar-refractivity contribution is 5.38. The molecule has 0 saturated carbocycles. The second-order valence-corrected chi connectivity index (χ2v) is 3.96. The molecular weight excluding hydrogens is 218 g/mol. The summed E-state index contributed by atoms with van der Waals surface area (Å²) in [6.07, 6.45) is 2.24. The van der Waals surface area contributed by atoms with Crippen LogP contribution in [0.25, 0.3) is 0 Å². The number of ether oxygens (including phenoxy) is 1. The Balaban J connectivity index is 2.14. The highest BCUT2D eigenvalue weighted by atomic mass is 16.5. The zero-order chi connectivity index (χ0) is 12.5. The summed E-state index contributed by atoms with van der Waals surface area (Å²) in [4.78, 5) is 0. The maximum Gasteiger partial charge on any atom is 0.123 e. The molecule has 0 aromatic heterocycles. The maximum atomic E-state index is 9.53. The number of rotatable bonds is 8. The number of aromatic hydroxyl groups is 2. The van der Waals surface area contributed by atoms with Gasteiger partial charge in [0, 0.05) is 31.3 Å². The molecule has 0 aliphatic carbocycles. The van der Waals surface area contributed by atoms with Gasteiger partial charge in [-0.15, -0.1) is 0 Å². The Morgan fingerprint density at radius 3 is 2.76 bits per heavy atom. The molecule has 4 heteroatoms. The number of hydrogen-bond acceptors (Lipinski definition) is 4. The van der Waals surface area contributed by atoms with Crippen LogP contribution in [0.4, 0.5) is 0 Å². The Kier molecular flexibility index (Phi) is 6.43. The second-order valence-electron chi connectivity index (χ2n) is 3.96. The third-order valence-electron chi connectivity index (χ3n) is 2.45. The molecule has 0 saturated heterocycles. The number of hydrogen-bond donors (Lipinski definition) is 3. The van der Waals surface area contributed by atoms with Crippen molar-refractivity contribution in [1.82, 2.24) is 5.32 Å². The summed E-state index contributed by atoms with van der Waals surface area (Å²) in [5, 5.41) is 21.8. The number of phenols is 2. The van der Waals surface area contributed by atoms with E-state index in [2.05, 4.69) is 12.2 Å². The molecule has 0 atom stereocenters. The van der Waals surface area contributed by atoms with Gasteiger partial charge in [-0.25, -0.2) is 0 Å². The van der Waals surface area contributed by atoms with Crippen LogP contribution >= 0.6 is 0 Å². The first kappa shape index (κ1) is 13.8. The Bertz CT molecular complexity index is 328. The van der Waals surface area contributed by atoms with E-state index in [1.165, 1.54) is 6.07 Å². The normalized spacial score (nSPS) is 10.6. The standard InChI is InChI=1S/C13H21NO3/c1-2-3-7-17-8-6-14-10-11-4-5-12(15)9-13(11)16/h4-5,9,14-16H,2-3,6-8,10H2,1H3. The zero-order valence-electron chi connectivity index (χ0n) is 10.3. The van der Waals surface area contributed by atoms with Crippen molar-refractivity contribution in [3.05, 3.63) is 23.8 Å². The molecular formula is C13H21NO3. The summed E-state index contributed by atoms with van der Waals surface area (Å²) in [6, 6.07) is 4.61. The number of unbranched alkanes of at least 4 members (excludes halogenated alkanes) is 1. The highest BCUT2D eigenvalue weighted by Crippen LogP contribution is 2.21. The number of benzene rings is 1. The molecule has 17 heavy (non-hydrogen) atoms. The molecule has 3 N–H and O–H groups in total. The fraction of sp³-hybridized carbons (Fsp3) is 0.538. The topological polar surface area (TPSA) is 61.7 Å². The molecule has 0 aliphatic heterocycles. The predicted octanol–water partition coefficient (Wildman–Crippen LogP) is 2.00. The van der Waals surface area contributed by atoms with Crippen molar-refractivity contribution in [3.8, 4) is 11.5 Å². The summed E-state index contributed by atoms with van der Waals surface area (Å²) in [5.41, 5.74) is 0.774. The lowest BCUT2D eigenvalue weighted by Gasteiger charge is -2.07. The van der Waals surface area contributed by atoms with Gasteiger partial charge < -0.3 is 20.3 Å². The fourth-order valence-electron chi connectivity index (χ4n) is 1.42. The van der Waals surface area contributed by atoms with Crippen LogP contribution in [0.3, 0.4) is 0 Å². The van der Waals surface area contributed by atoms with Crippen molar-refractivity contribution in [2.24, 2.45) is 0 Å². The Morgan fingerprint density at radius 1 is 1.24 bits per heavy atom. The van der Waals surface area contributed by atoms with Crippen molar-refractivity contribution in [3.63, 3.8) is 0 Å². The molecule has 1 rings (SSSR count). The first-order valence-electron chi connectivity index (χ1n) is 6.03. The lowest BCUT2D eigenvalue weighted by molar-refractivity contribution is 0.133. The molecule has 0 bridgehead atoms. The van der Waals surface area contributed by atoms with Gasteiger partial charge in [-0.2, -0.15) is 0 Å². The first-order valence-corrected chi connectivity index (χ1v) is 6.03. The fourth-order valence-corrected chi connectivity index (χ4v) is 1.42. The van der Waals surface area contributed by atoms with Crippen LogP contribution in [-0.2, 0) is 11.3 Å². The van der Waals surface area contributed by atoms with Gasteiger partial charge in [0.15, 0.2) is 0 Å². The zero-order valence-corrected chi connectivity index (χ0v) is 10.3. The van der Waals surface area contributed by atoms with Gasteiger partial charge in [0.05, 0.1) is 6.61 Å². The van der Waals surface area contributed by atoms with E-state index in [9.17, 15) is 5.11 Å². The van der Waals surface area contributed by atoms with Crippen LogP contribution in [0, 0.1) is 0 Å². The molecule has 1 aromatic carbocycles. The summed E-state index contributed by atoms with van der Waals surface area (Å²) < 4.78 is 5.40. The summed E-state index contributed by atoms with van der Waals surface area (Å²) in [5.74, 6) is 0.193. The minimum absolute atomic E-state index is 0.0779. The van der Waals surface area contributed by atoms with Gasteiger partial charge in [0.1, 0.15) is 11.5 Å². The second kappa shape index (κ2) is 7.92. The first-order chi connectivity index (χ1) is 8.24. The van der Waals surface area contributed by atoms with Gasteiger partial charge in [-0.3, -0.25) is 0 Å². The van der Waals surface area contributed by atoms with E-state index in [1.54, 1.807) is 12.1 Å². The average Bonchev–Trinajstić information content (AvgIpc) is 2.30. The van der Waals surface area contributed by atoms with Gasteiger partial charge in [0.25, 0.3) is 0 Å². The maximum absolute atomic E-state index is 9.53. The van der Waals surface area contributed by atoms with Crippen molar-refractivity contribution >= 4 is 0 Å². The Morgan fingerprint density at radius 2 is 2.06 bits per heavy atom. The smallest absolute Gasteiger partial charge is 0.123 e. The lowest BCUT2D eigenvalue weighted by Crippen LogP contribution is -2.19. The minimum atomic E-state index is 0.0779. The number of nitrogens with one attached hydrogen (secondary N) is 1. The average molecular weight is 239 g/mol. The van der Waals surface area contributed by atoms with Crippen LogP contribution in [0.15, 0.2) is 18.2 Å². The Labute approximate surface area is 102 Å². The van der Waals surface area contributed by atoms with E-state index in [1.807, 2.05) is 0 Å². The number of phenolic OH excluding ortho intramolecular Hbond substituents is 2. The van der Waals surface area contributed by atoms with Crippen molar-refractivity contribution in [2.75, 3.05) is 19.8 Å². The van der Waals surface area contributed by atoms with E-state index in [0.717, 1.165) is 31.6 Å². The quantitative estimate of drug-likeness (QED) is 0.607. The molecule has 1 aromatic rings. The van der Waals surface area contributed by atoms with Crippen LogP contribution < -0.4 is 5.32 Å². The molecule has 4 nitrogen and oxygen atoms in total. The van der Waals surface area contributed by atoms with Crippen molar-refractivity contribution in [1.29, 1.82) is 0 Å². The SMILES string of the molecule is CCCCOCCNCc1ccc(O)cc1O. The minimum Gasteiger partial charge on any atom is -0.508 e. The van der Waals surface area contributed by atoms with Crippen molar-refractivity contribution < 1.29 is 14.9 Å². The van der Waals surface area contributed by atoms with Gasteiger partial charge in [0.2, 0.25) is 0 Å². The largest absolute Gasteiger partial charge is 0.508 e. The molecule has 0 amide bonds. The summed E-state index contributed by atoms with van der Waals surface area (Å²) in [7, 11) is 0. The molecule has 0 radical (unpaired) electrons. The molecule has 0 fully saturated rings. The summed E-state index contributed by atoms with van der Waals surface area (Å²) in [6.45, 7) is 4.95. The van der Waals surface area contributed by atoms with Gasteiger partial charge >= 0.3 is 0 Å². The van der Waals surface area contributed by atoms with Crippen LogP contribution in [0.2, 0.25) is 0 Å². The predicted molar refractivity (Wildman–Crippen MR) is 67.2 cm³/mol. The van der Waals surface area contributed by atoms with Gasteiger partial charge in [-0.1, -0.05) is 19.4 Å². The Hall–Kier alpha value is -1.26.